The van der Waals surface area contributed by atoms with Crippen LogP contribution < -0.4 is 9.64 Å². The van der Waals surface area contributed by atoms with E-state index in [4.69, 9.17) is 17.0 Å². The molecule has 4 rings (SSSR count). The number of nitrogens with zero attached hydrogens (tertiary/aromatic N) is 1. The molecule has 0 saturated heterocycles. The van der Waals surface area contributed by atoms with E-state index in [9.17, 15) is 4.79 Å². The molecule has 1 aliphatic rings. The zero-order chi connectivity index (χ0) is 19.2. The number of carbonyl (C=O) groups excluding carboxylic acids is 1. The lowest BCUT2D eigenvalue weighted by molar-refractivity contribution is -0.121. The first-order valence-corrected chi connectivity index (χ1v) is 11.2. The maximum absolute atomic E-state index is 13.2. The smallest absolute Gasteiger partial charge is 0.265 e. The summed E-state index contributed by atoms with van der Waals surface area (Å²) in [5.41, 5.74) is 3.72. The Labute approximate surface area is 171 Å². The summed E-state index contributed by atoms with van der Waals surface area (Å²) in [5, 5.41) is 0. The number of amides is 1. The fourth-order valence-electron chi connectivity index (χ4n) is 3.52. The van der Waals surface area contributed by atoms with E-state index in [0.717, 1.165) is 31.1 Å². The van der Waals surface area contributed by atoms with Crippen LogP contribution in [0, 0.1) is 10.7 Å². The van der Waals surface area contributed by atoms with Gasteiger partial charge in [-0.15, -0.1) is 0 Å². The van der Waals surface area contributed by atoms with Crippen molar-refractivity contribution in [1.29, 1.82) is 0 Å². The molecule has 1 amide bonds. The number of aryl methyl sites for hydroxylation is 1. The van der Waals surface area contributed by atoms with Crippen LogP contribution >= 0.6 is 32.9 Å². The van der Waals surface area contributed by atoms with Gasteiger partial charge in [0.15, 0.2) is 6.61 Å². The van der Waals surface area contributed by atoms with Gasteiger partial charge in [-0.2, -0.15) is 0 Å². The molecule has 0 aliphatic carbocycles. The SMILES string of the molecule is Cc1ccc2c(c1)-c1c(ssc1=S)C(C)(C)N2C(=O)COc1ccccc1. The van der Waals surface area contributed by atoms with Gasteiger partial charge in [0.1, 0.15) is 9.57 Å². The molecule has 3 nitrogen and oxygen atoms in total. The summed E-state index contributed by atoms with van der Waals surface area (Å²) < 4.78 is 6.63. The van der Waals surface area contributed by atoms with Crippen molar-refractivity contribution in [2.45, 2.75) is 26.3 Å². The summed E-state index contributed by atoms with van der Waals surface area (Å²) in [6.45, 7) is 6.20. The van der Waals surface area contributed by atoms with E-state index >= 15 is 0 Å². The van der Waals surface area contributed by atoms with Gasteiger partial charge in [0, 0.05) is 11.1 Å². The highest BCUT2D eigenvalue weighted by Crippen LogP contribution is 2.52. The largest absolute Gasteiger partial charge is 0.484 e. The molecule has 6 heteroatoms. The van der Waals surface area contributed by atoms with Crippen LogP contribution in [-0.4, -0.2) is 12.5 Å². The van der Waals surface area contributed by atoms with Crippen molar-refractivity contribution >= 4 is 44.5 Å². The van der Waals surface area contributed by atoms with Gasteiger partial charge in [-0.1, -0.05) is 62.7 Å². The molecule has 0 radical (unpaired) electrons. The topological polar surface area (TPSA) is 29.5 Å². The van der Waals surface area contributed by atoms with E-state index in [1.807, 2.05) is 47.4 Å². The number of rotatable bonds is 3. The van der Waals surface area contributed by atoms with Gasteiger partial charge in [-0.05, 0) is 45.0 Å². The Morgan fingerprint density at radius 2 is 1.89 bits per heavy atom. The van der Waals surface area contributed by atoms with Gasteiger partial charge >= 0.3 is 0 Å². The fraction of sp³-hybridized carbons (Fsp3) is 0.238. The molecule has 3 aromatic rings. The highest BCUT2D eigenvalue weighted by atomic mass is 32.9. The second-order valence-electron chi connectivity index (χ2n) is 7.07. The second kappa shape index (κ2) is 6.86. The summed E-state index contributed by atoms with van der Waals surface area (Å²) in [6.07, 6.45) is 0. The molecule has 2 aromatic carbocycles. The minimum atomic E-state index is -0.479. The van der Waals surface area contributed by atoms with E-state index < -0.39 is 5.54 Å². The zero-order valence-electron chi connectivity index (χ0n) is 15.3. The summed E-state index contributed by atoms with van der Waals surface area (Å²) in [4.78, 5) is 16.2. The number of carbonyl (C=O) groups is 1. The highest BCUT2D eigenvalue weighted by Gasteiger charge is 2.42. The Morgan fingerprint density at radius 3 is 2.63 bits per heavy atom. The molecule has 27 heavy (non-hydrogen) atoms. The van der Waals surface area contributed by atoms with Crippen molar-refractivity contribution in [2.75, 3.05) is 11.5 Å². The summed E-state index contributed by atoms with van der Waals surface area (Å²) in [5.74, 6) is 0.626. The number of hydrogen-bond donors (Lipinski definition) is 0. The van der Waals surface area contributed by atoms with E-state index in [1.165, 1.54) is 0 Å². The van der Waals surface area contributed by atoms with Crippen LogP contribution in [0.1, 0.15) is 24.3 Å². The molecule has 0 saturated carbocycles. The van der Waals surface area contributed by atoms with E-state index in [2.05, 4.69) is 26.8 Å². The van der Waals surface area contributed by atoms with Gasteiger partial charge < -0.3 is 4.74 Å². The molecular weight excluding hydrogens is 394 g/mol. The number of ether oxygens (including phenoxy) is 1. The molecule has 0 unspecified atom stereocenters. The number of fused-ring (bicyclic) bond motifs is 3. The maximum atomic E-state index is 13.2. The lowest BCUT2D eigenvalue weighted by atomic mass is 9.87. The van der Waals surface area contributed by atoms with Gasteiger partial charge in [0.05, 0.1) is 16.1 Å². The van der Waals surface area contributed by atoms with Gasteiger partial charge in [-0.25, -0.2) is 0 Å². The molecular formula is C21H19NO2S3. The highest BCUT2D eigenvalue weighted by molar-refractivity contribution is 7.80. The van der Waals surface area contributed by atoms with Crippen LogP contribution in [0.2, 0.25) is 0 Å². The number of anilines is 1. The van der Waals surface area contributed by atoms with Crippen molar-refractivity contribution in [3.8, 4) is 16.9 Å². The fourth-order valence-corrected chi connectivity index (χ4v) is 6.80. The average molecular weight is 414 g/mol. The third kappa shape index (κ3) is 3.12. The maximum Gasteiger partial charge on any atom is 0.265 e. The predicted molar refractivity (Wildman–Crippen MR) is 116 cm³/mol. The quantitative estimate of drug-likeness (QED) is 0.379. The van der Waals surface area contributed by atoms with Crippen LogP contribution in [0.25, 0.3) is 11.1 Å². The standard InChI is InChI=1S/C21H19NO2S3/c1-13-9-10-16-15(11-13)18-19(26-27-20(18)25)21(2,3)22(16)17(23)12-24-14-7-5-4-6-8-14/h4-11H,12H2,1-3H3. The molecule has 0 bridgehead atoms. The van der Waals surface area contributed by atoms with Crippen molar-refractivity contribution in [3.05, 3.63) is 62.8 Å². The normalized spacial score (nSPS) is 14.4. The molecule has 0 N–H and O–H groups in total. The van der Waals surface area contributed by atoms with Crippen LogP contribution in [0.3, 0.4) is 0 Å². The average Bonchev–Trinajstić information content (AvgIpc) is 3.04. The van der Waals surface area contributed by atoms with Crippen LogP contribution in [-0.2, 0) is 10.3 Å². The molecule has 138 valence electrons. The molecule has 0 spiro atoms. The van der Waals surface area contributed by atoms with Crippen LogP contribution in [0.15, 0.2) is 48.5 Å². The monoisotopic (exact) mass is 413 g/mol. The second-order valence-corrected chi connectivity index (χ2v) is 9.89. The minimum Gasteiger partial charge on any atom is -0.484 e. The Morgan fingerprint density at radius 1 is 1.15 bits per heavy atom. The lowest BCUT2D eigenvalue weighted by Crippen LogP contribution is -2.49. The van der Waals surface area contributed by atoms with E-state index in [0.29, 0.717) is 5.75 Å². The summed E-state index contributed by atoms with van der Waals surface area (Å²) in [7, 11) is 3.27. The molecule has 2 heterocycles. The Balaban J connectivity index is 1.76. The summed E-state index contributed by atoms with van der Waals surface area (Å²) in [6, 6.07) is 15.6. The van der Waals surface area contributed by atoms with Crippen LogP contribution in [0.4, 0.5) is 5.69 Å². The third-order valence-corrected chi connectivity index (χ3v) is 8.09. The Bertz CT molecular complexity index is 1070. The third-order valence-electron chi connectivity index (χ3n) is 4.76. The molecule has 0 fully saturated rings. The molecule has 1 aliphatic heterocycles. The van der Waals surface area contributed by atoms with Gasteiger partial charge in [0.25, 0.3) is 5.91 Å². The van der Waals surface area contributed by atoms with Crippen molar-refractivity contribution in [3.63, 3.8) is 0 Å². The number of benzene rings is 2. The van der Waals surface area contributed by atoms with E-state index in [1.54, 1.807) is 20.7 Å². The van der Waals surface area contributed by atoms with Crippen molar-refractivity contribution in [1.82, 2.24) is 0 Å². The summed E-state index contributed by atoms with van der Waals surface area (Å²) >= 11 is 5.61. The van der Waals surface area contributed by atoms with E-state index in [-0.39, 0.29) is 12.5 Å². The first kappa shape index (κ1) is 18.3. The van der Waals surface area contributed by atoms with Crippen molar-refractivity contribution < 1.29 is 9.53 Å². The minimum absolute atomic E-state index is 0.00830. The van der Waals surface area contributed by atoms with Crippen LogP contribution in [0.5, 0.6) is 5.75 Å². The first-order valence-electron chi connectivity index (χ1n) is 8.65. The predicted octanol–water partition coefficient (Wildman–Crippen LogP) is 6.18. The zero-order valence-corrected chi connectivity index (χ0v) is 17.8. The number of hydrogen-bond acceptors (Lipinski definition) is 5. The molecule has 1 aromatic heterocycles. The lowest BCUT2D eigenvalue weighted by Gasteiger charge is -2.43. The van der Waals surface area contributed by atoms with Gasteiger partial charge in [-0.3, -0.25) is 9.69 Å². The molecule has 0 atom stereocenters. The van der Waals surface area contributed by atoms with Gasteiger partial charge in [0.2, 0.25) is 0 Å². The van der Waals surface area contributed by atoms with Crippen molar-refractivity contribution in [2.24, 2.45) is 0 Å². The Kier molecular flexibility index (Phi) is 4.66. The number of para-hydroxylation sites is 1. The first-order chi connectivity index (χ1) is 12.9. The Hall–Kier alpha value is -2.02.